The summed E-state index contributed by atoms with van der Waals surface area (Å²) in [7, 11) is 0. The molecule has 0 atom stereocenters. The SMILES string of the molecule is CCc1nn2c(C(C)C)cnc2s1. The Morgan fingerprint density at radius 3 is 2.92 bits per heavy atom. The largest absolute Gasteiger partial charge is 0.226 e. The molecule has 0 aromatic carbocycles. The molecule has 2 aromatic heterocycles. The van der Waals surface area contributed by atoms with Crippen LogP contribution in [0.2, 0.25) is 0 Å². The molecular weight excluding hydrogens is 182 g/mol. The molecule has 0 amide bonds. The van der Waals surface area contributed by atoms with Crippen LogP contribution in [0.4, 0.5) is 0 Å². The monoisotopic (exact) mass is 195 g/mol. The van der Waals surface area contributed by atoms with Gasteiger partial charge in [-0.05, 0) is 12.3 Å². The standard InChI is InChI=1S/C9H13N3S/c1-4-8-11-12-7(6(2)3)5-10-9(12)13-8/h5-6H,4H2,1-3H3. The van der Waals surface area contributed by atoms with Gasteiger partial charge in [0.1, 0.15) is 5.01 Å². The van der Waals surface area contributed by atoms with Crippen molar-refractivity contribution in [3.63, 3.8) is 0 Å². The molecular formula is C9H13N3S. The van der Waals surface area contributed by atoms with Crippen molar-refractivity contribution in [1.82, 2.24) is 14.6 Å². The molecule has 0 unspecified atom stereocenters. The molecule has 2 aromatic rings. The van der Waals surface area contributed by atoms with Gasteiger partial charge in [0.15, 0.2) is 0 Å². The minimum atomic E-state index is 0.488. The summed E-state index contributed by atoms with van der Waals surface area (Å²) in [6, 6.07) is 0. The quantitative estimate of drug-likeness (QED) is 0.737. The Balaban J connectivity index is 2.58. The average Bonchev–Trinajstić information content (AvgIpc) is 2.59. The lowest BCUT2D eigenvalue weighted by atomic mass is 10.2. The van der Waals surface area contributed by atoms with E-state index in [2.05, 4.69) is 30.9 Å². The zero-order chi connectivity index (χ0) is 9.42. The molecule has 0 aliphatic carbocycles. The van der Waals surface area contributed by atoms with Gasteiger partial charge in [-0.3, -0.25) is 0 Å². The van der Waals surface area contributed by atoms with E-state index < -0.39 is 0 Å². The normalized spacial score (nSPS) is 11.7. The van der Waals surface area contributed by atoms with E-state index in [1.165, 1.54) is 5.69 Å². The fourth-order valence-electron chi connectivity index (χ4n) is 1.29. The van der Waals surface area contributed by atoms with Crippen molar-refractivity contribution in [3.05, 3.63) is 16.9 Å². The van der Waals surface area contributed by atoms with Crippen molar-refractivity contribution in [3.8, 4) is 0 Å². The van der Waals surface area contributed by atoms with Crippen LogP contribution in [0.25, 0.3) is 4.96 Å². The van der Waals surface area contributed by atoms with E-state index >= 15 is 0 Å². The van der Waals surface area contributed by atoms with E-state index in [4.69, 9.17) is 0 Å². The Labute approximate surface area is 81.4 Å². The summed E-state index contributed by atoms with van der Waals surface area (Å²) >= 11 is 1.68. The first-order valence-electron chi connectivity index (χ1n) is 4.55. The van der Waals surface area contributed by atoms with Crippen LogP contribution in [-0.4, -0.2) is 14.6 Å². The summed E-state index contributed by atoms with van der Waals surface area (Å²) in [6.07, 6.45) is 2.91. The Bertz CT molecular complexity index is 413. The topological polar surface area (TPSA) is 30.2 Å². The average molecular weight is 195 g/mol. The molecule has 0 radical (unpaired) electrons. The summed E-state index contributed by atoms with van der Waals surface area (Å²) < 4.78 is 1.97. The van der Waals surface area contributed by atoms with Crippen molar-refractivity contribution in [1.29, 1.82) is 0 Å². The van der Waals surface area contributed by atoms with Crippen LogP contribution in [0.1, 0.15) is 37.4 Å². The van der Waals surface area contributed by atoms with Crippen molar-refractivity contribution in [2.45, 2.75) is 33.1 Å². The highest BCUT2D eigenvalue weighted by Gasteiger charge is 2.10. The van der Waals surface area contributed by atoms with Crippen LogP contribution in [0.15, 0.2) is 6.20 Å². The van der Waals surface area contributed by atoms with Gasteiger partial charge in [-0.15, -0.1) is 0 Å². The van der Waals surface area contributed by atoms with E-state index in [9.17, 15) is 0 Å². The van der Waals surface area contributed by atoms with Crippen LogP contribution in [0.5, 0.6) is 0 Å². The van der Waals surface area contributed by atoms with Gasteiger partial charge < -0.3 is 0 Å². The van der Waals surface area contributed by atoms with Crippen LogP contribution in [0, 0.1) is 0 Å². The Morgan fingerprint density at radius 1 is 1.54 bits per heavy atom. The molecule has 0 saturated carbocycles. The molecule has 0 fully saturated rings. The highest BCUT2D eigenvalue weighted by molar-refractivity contribution is 7.16. The van der Waals surface area contributed by atoms with Crippen molar-refractivity contribution >= 4 is 16.3 Å². The van der Waals surface area contributed by atoms with E-state index in [0.717, 1.165) is 16.4 Å². The van der Waals surface area contributed by atoms with Crippen LogP contribution >= 0.6 is 11.3 Å². The van der Waals surface area contributed by atoms with Gasteiger partial charge in [0.2, 0.25) is 4.96 Å². The molecule has 0 bridgehead atoms. The second-order valence-electron chi connectivity index (χ2n) is 3.38. The summed E-state index contributed by atoms with van der Waals surface area (Å²) in [6.45, 7) is 6.44. The summed E-state index contributed by atoms with van der Waals surface area (Å²) in [5, 5.41) is 5.64. The Hall–Kier alpha value is -0.900. The molecule has 0 saturated heterocycles. The number of aryl methyl sites for hydroxylation is 1. The van der Waals surface area contributed by atoms with E-state index in [1.54, 1.807) is 11.3 Å². The first-order chi connectivity index (χ1) is 6.22. The van der Waals surface area contributed by atoms with Crippen molar-refractivity contribution in [2.75, 3.05) is 0 Å². The maximum Gasteiger partial charge on any atom is 0.212 e. The van der Waals surface area contributed by atoms with Gasteiger partial charge in [-0.25, -0.2) is 9.50 Å². The number of hydrogen-bond acceptors (Lipinski definition) is 3. The third-order valence-corrected chi connectivity index (χ3v) is 3.11. The second kappa shape index (κ2) is 3.10. The van der Waals surface area contributed by atoms with Gasteiger partial charge in [-0.2, -0.15) is 5.10 Å². The predicted molar refractivity (Wildman–Crippen MR) is 54.3 cm³/mol. The minimum Gasteiger partial charge on any atom is -0.226 e. The number of aromatic nitrogens is 3. The number of fused-ring (bicyclic) bond motifs is 1. The fraction of sp³-hybridized carbons (Fsp3) is 0.556. The Morgan fingerprint density at radius 2 is 2.31 bits per heavy atom. The number of nitrogens with zero attached hydrogens (tertiary/aromatic N) is 3. The van der Waals surface area contributed by atoms with Crippen molar-refractivity contribution in [2.24, 2.45) is 0 Å². The smallest absolute Gasteiger partial charge is 0.212 e. The van der Waals surface area contributed by atoms with Gasteiger partial charge >= 0.3 is 0 Å². The number of hydrogen-bond donors (Lipinski definition) is 0. The Kier molecular flexibility index (Phi) is 2.07. The van der Waals surface area contributed by atoms with Crippen LogP contribution in [0.3, 0.4) is 0 Å². The maximum absolute atomic E-state index is 4.49. The first-order valence-corrected chi connectivity index (χ1v) is 5.37. The fourth-order valence-corrected chi connectivity index (χ4v) is 2.10. The van der Waals surface area contributed by atoms with E-state index in [1.807, 2.05) is 10.7 Å². The lowest BCUT2D eigenvalue weighted by Gasteiger charge is -1.99. The highest BCUT2D eigenvalue weighted by Crippen LogP contribution is 2.20. The molecule has 3 nitrogen and oxygen atoms in total. The van der Waals surface area contributed by atoms with E-state index in [-0.39, 0.29) is 0 Å². The van der Waals surface area contributed by atoms with Gasteiger partial charge in [0, 0.05) is 0 Å². The third-order valence-electron chi connectivity index (χ3n) is 2.05. The number of imidazole rings is 1. The van der Waals surface area contributed by atoms with Gasteiger partial charge in [0.05, 0.1) is 11.9 Å². The zero-order valence-corrected chi connectivity index (χ0v) is 8.93. The lowest BCUT2D eigenvalue weighted by molar-refractivity contribution is 0.757. The summed E-state index contributed by atoms with van der Waals surface area (Å²) in [4.78, 5) is 5.34. The zero-order valence-electron chi connectivity index (χ0n) is 8.11. The van der Waals surface area contributed by atoms with Crippen LogP contribution in [-0.2, 0) is 6.42 Å². The molecule has 13 heavy (non-hydrogen) atoms. The third kappa shape index (κ3) is 1.35. The summed E-state index contributed by atoms with van der Waals surface area (Å²) in [5.74, 6) is 0.488. The molecule has 0 N–H and O–H groups in total. The number of rotatable bonds is 2. The highest BCUT2D eigenvalue weighted by atomic mass is 32.1. The molecule has 4 heteroatoms. The molecule has 0 spiro atoms. The predicted octanol–water partition coefficient (Wildman–Crippen LogP) is 2.48. The molecule has 2 rings (SSSR count). The maximum atomic E-state index is 4.49. The molecule has 2 heterocycles. The van der Waals surface area contributed by atoms with Crippen LogP contribution < -0.4 is 0 Å². The minimum absolute atomic E-state index is 0.488. The first kappa shape index (κ1) is 8.69. The molecule has 0 aliphatic rings. The van der Waals surface area contributed by atoms with Gasteiger partial charge in [-0.1, -0.05) is 32.1 Å². The molecule has 0 aliphatic heterocycles. The summed E-state index contributed by atoms with van der Waals surface area (Å²) in [5.41, 5.74) is 1.20. The molecule has 70 valence electrons. The second-order valence-corrected chi connectivity index (χ2v) is 4.42. The van der Waals surface area contributed by atoms with Gasteiger partial charge in [0.25, 0.3) is 0 Å². The van der Waals surface area contributed by atoms with Crippen molar-refractivity contribution < 1.29 is 0 Å². The lowest BCUT2D eigenvalue weighted by Crippen LogP contribution is -1.95. The van der Waals surface area contributed by atoms with E-state index in [0.29, 0.717) is 5.92 Å².